The minimum Gasteiger partial charge on any atom is -0.339 e. The van der Waals surface area contributed by atoms with E-state index in [9.17, 15) is 22.0 Å². The van der Waals surface area contributed by atoms with Crippen LogP contribution in [0.3, 0.4) is 0 Å². The zero-order valence-corrected chi connectivity index (χ0v) is 20.2. The number of halogens is 2. The molecule has 0 saturated heterocycles. The fourth-order valence-corrected chi connectivity index (χ4v) is 4.99. The van der Waals surface area contributed by atoms with E-state index in [2.05, 4.69) is 9.71 Å². The van der Waals surface area contributed by atoms with Crippen LogP contribution in [0.15, 0.2) is 65.6 Å². The van der Waals surface area contributed by atoms with Crippen molar-refractivity contribution < 1.29 is 22.0 Å². The molecule has 4 rings (SSSR count). The van der Waals surface area contributed by atoms with Crippen LogP contribution in [0.5, 0.6) is 0 Å². The van der Waals surface area contributed by atoms with Crippen molar-refractivity contribution in [3.05, 3.63) is 77.9 Å². The first-order valence-corrected chi connectivity index (χ1v) is 12.5. The molecule has 0 spiro atoms. The second-order valence-corrected chi connectivity index (χ2v) is 9.58. The molecule has 1 heterocycles. The maximum atomic E-state index is 14.0. The van der Waals surface area contributed by atoms with E-state index in [4.69, 9.17) is 0 Å². The molecule has 0 fully saturated rings. The molecule has 0 unspecified atom stereocenters. The zero-order valence-electron chi connectivity index (χ0n) is 19.4. The number of nitrogens with one attached hydrogen (secondary N) is 1. The van der Waals surface area contributed by atoms with Crippen LogP contribution in [-0.2, 0) is 17.1 Å². The van der Waals surface area contributed by atoms with E-state index in [-0.39, 0.29) is 11.6 Å². The highest BCUT2D eigenvalue weighted by Crippen LogP contribution is 2.27. The maximum Gasteiger partial charge on any atom is 0.264 e. The number of amides is 1. The van der Waals surface area contributed by atoms with Crippen molar-refractivity contribution in [1.29, 1.82) is 0 Å². The van der Waals surface area contributed by atoms with Gasteiger partial charge in [-0.05, 0) is 56.3 Å². The summed E-state index contributed by atoms with van der Waals surface area (Å²) in [6, 6.07) is 14.2. The summed E-state index contributed by atoms with van der Waals surface area (Å²) >= 11 is 0. The minimum absolute atomic E-state index is 0.0407. The first-order chi connectivity index (χ1) is 16.6. The molecule has 1 amide bonds. The third-order valence-corrected chi connectivity index (χ3v) is 7.17. The summed E-state index contributed by atoms with van der Waals surface area (Å²) in [4.78, 5) is 18.3. The molecule has 7 nitrogen and oxygen atoms in total. The van der Waals surface area contributed by atoms with Crippen LogP contribution in [0.2, 0.25) is 0 Å². The van der Waals surface area contributed by atoms with Crippen molar-refractivity contribution >= 4 is 32.7 Å². The van der Waals surface area contributed by atoms with Gasteiger partial charge in [0.25, 0.3) is 15.9 Å². The number of fused-ring (bicyclic) bond motifs is 1. The molecule has 35 heavy (non-hydrogen) atoms. The SMILES string of the molecule is CCN(CC)C(=O)c1ccc(-c2nc3cc(NS(=O)(=O)c4ccc(F)cc4F)ccc3n2C)cc1. The minimum atomic E-state index is -4.27. The van der Waals surface area contributed by atoms with Gasteiger partial charge in [-0.3, -0.25) is 9.52 Å². The molecule has 10 heteroatoms. The topological polar surface area (TPSA) is 84.3 Å². The van der Waals surface area contributed by atoms with Crippen LogP contribution >= 0.6 is 0 Å². The smallest absolute Gasteiger partial charge is 0.264 e. The summed E-state index contributed by atoms with van der Waals surface area (Å²) < 4.78 is 56.6. The average Bonchev–Trinajstić information content (AvgIpc) is 3.15. The van der Waals surface area contributed by atoms with Crippen LogP contribution in [0, 0.1) is 11.6 Å². The Kier molecular flexibility index (Phi) is 6.58. The lowest BCUT2D eigenvalue weighted by molar-refractivity contribution is 0.0773. The highest BCUT2D eigenvalue weighted by molar-refractivity contribution is 7.92. The molecule has 0 atom stereocenters. The quantitative estimate of drug-likeness (QED) is 0.397. The van der Waals surface area contributed by atoms with Crippen molar-refractivity contribution in [2.24, 2.45) is 7.05 Å². The van der Waals surface area contributed by atoms with E-state index >= 15 is 0 Å². The first-order valence-electron chi connectivity index (χ1n) is 11.0. The molecular formula is C25H24F2N4O3S. The number of hydrogen-bond acceptors (Lipinski definition) is 4. The number of benzene rings is 3. The van der Waals surface area contributed by atoms with Crippen molar-refractivity contribution in [1.82, 2.24) is 14.5 Å². The molecule has 3 aromatic carbocycles. The van der Waals surface area contributed by atoms with Crippen molar-refractivity contribution in [3.63, 3.8) is 0 Å². The fourth-order valence-electron chi connectivity index (χ4n) is 3.88. The Morgan fingerprint density at radius 3 is 2.31 bits per heavy atom. The number of anilines is 1. The van der Waals surface area contributed by atoms with E-state index in [1.54, 1.807) is 29.2 Å². The summed E-state index contributed by atoms with van der Waals surface area (Å²) in [6.45, 7) is 5.11. The van der Waals surface area contributed by atoms with Gasteiger partial charge in [0.2, 0.25) is 0 Å². The molecule has 0 saturated carbocycles. The summed E-state index contributed by atoms with van der Waals surface area (Å²) in [5.41, 5.74) is 2.83. The van der Waals surface area contributed by atoms with Gasteiger partial charge in [0.15, 0.2) is 0 Å². The van der Waals surface area contributed by atoms with E-state index in [0.717, 1.165) is 23.2 Å². The van der Waals surface area contributed by atoms with Gasteiger partial charge in [-0.2, -0.15) is 0 Å². The Balaban J connectivity index is 1.63. The van der Waals surface area contributed by atoms with Gasteiger partial charge in [-0.1, -0.05) is 12.1 Å². The van der Waals surface area contributed by atoms with Crippen LogP contribution in [-0.4, -0.2) is 41.9 Å². The van der Waals surface area contributed by atoms with Gasteiger partial charge in [0, 0.05) is 37.3 Å². The highest BCUT2D eigenvalue weighted by Gasteiger charge is 2.21. The maximum absolute atomic E-state index is 14.0. The van der Waals surface area contributed by atoms with E-state index < -0.39 is 26.6 Å². The number of sulfonamides is 1. The molecular weight excluding hydrogens is 474 g/mol. The van der Waals surface area contributed by atoms with E-state index in [1.807, 2.05) is 37.6 Å². The number of aryl methyl sites for hydroxylation is 1. The fraction of sp³-hybridized carbons (Fsp3) is 0.200. The number of hydrogen-bond donors (Lipinski definition) is 1. The second-order valence-electron chi connectivity index (χ2n) is 7.93. The van der Waals surface area contributed by atoms with E-state index in [1.165, 1.54) is 6.07 Å². The second kappa shape index (κ2) is 9.46. The lowest BCUT2D eigenvalue weighted by Gasteiger charge is -2.18. The summed E-state index contributed by atoms with van der Waals surface area (Å²) in [6.07, 6.45) is 0. The van der Waals surface area contributed by atoms with Crippen LogP contribution in [0.1, 0.15) is 24.2 Å². The molecule has 4 aromatic rings. The molecule has 0 radical (unpaired) electrons. The van der Waals surface area contributed by atoms with Crippen molar-refractivity contribution in [2.75, 3.05) is 17.8 Å². The highest BCUT2D eigenvalue weighted by atomic mass is 32.2. The van der Waals surface area contributed by atoms with Crippen LogP contribution in [0.4, 0.5) is 14.5 Å². The van der Waals surface area contributed by atoms with Gasteiger partial charge in [0.1, 0.15) is 22.4 Å². The molecule has 182 valence electrons. The molecule has 0 aliphatic carbocycles. The van der Waals surface area contributed by atoms with Gasteiger partial charge < -0.3 is 9.47 Å². The summed E-state index contributed by atoms with van der Waals surface area (Å²) in [7, 11) is -2.44. The van der Waals surface area contributed by atoms with Gasteiger partial charge >= 0.3 is 0 Å². The largest absolute Gasteiger partial charge is 0.339 e. The molecule has 0 aliphatic rings. The lowest BCUT2D eigenvalue weighted by Crippen LogP contribution is -2.30. The summed E-state index contributed by atoms with van der Waals surface area (Å²) in [5, 5.41) is 0. The average molecular weight is 499 g/mol. The van der Waals surface area contributed by atoms with Gasteiger partial charge in [-0.25, -0.2) is 22.2 Å². The first kappa shape index (κ1) is 24.3. The number of nitrogens with zero attached hydrogens (tertiary/aromatic N) is 3. The molecule has 1 N–H and O–H groups in total. The Morgan fingerprint density at radius 1 is 1.00 bits per heavy atom. The number of carbonyl (C=O) groups excluding carboxylic acids is 1. The lowest BCUT2D eigenvalue weighted by atomic mass is 10.1. The Morgan fingerprint density at radius 2 is 1.69 bits per heavy atom. The predicted octanol–water partition coefficient (Wildman–Crippen LogP) is 4.80. The van der Waals surface area contributed by atoms with E-state index in [0.29, 0.717) is 36.1 Å². The third kappa shape index (κ3) is 4.74. The molecule has 0 aliphatic heterocycles. The van der Waals surface area contributed by atoms with Crippen LogP contribution in [0.25, 0.3) is 22.4 Å². The van der Waals surface area contributed by atoms with Crippen LogP contribution < -0.4 is 4.72 Å². The monoisotopic (exact) mass is 498 g/mol. The normalized spacial score (nSPS) is 11.6. The number of rotatable bonds is 7. The molecule has 1 aromatic heterocycles. The molecule has 0 bridgehead atoms. The number of imidazole rings is 1. The van der Waals surface area contributed by atoms with Gasteiger partial charge in [0.05, 0.1) is 16.7 Å². The van der Waals surface area contributed by atoms with Gasteiger partial charge in [-0.15, -0.1) is 0 Å². The number of carbonyl (C=O) groups is 1. The van der Waals surface area contributed by atoms with Crippen molar-refractivity contribution in [2.45, 2.75) is 18.7 Å². The standard InChI is InChI=1S/C25H24F2N4O3S/c1-4-31(5-2)25(32)17-8-6-16(7-9-17)24-28-21-15-19(11-12-22(21)30(24)3)29-35(33,34)23-13-10-18(26)14-20(23)27/h6-15,29H,4-5H2,1-3H3. The Hall–Kier alpha value is -3.79. The van der Waals surface area contributed by atoms with Crippen molar-refractivity contribution in [3.8, 4) is 11.4 Å². The number of aromatic nitrogens is 2. The zero-order chi connectivity index (χ0) is 25.3. The summed E-state index contributed by atoms with van der Waals surface area (Å²) in [5.74, 6) is -1.46. The Labute approximate surface area is 202 Å². The predicted molar refractivity (Wildman–Crippen MR) is 131 cm³/mol. The third-order valence-electron chi connectivity index (χ3n) is 5.76. The Bertz CT molecular complexity index is 1510.